The number of nitrogens with zero attached hydrogens (tertiary/aromatic N) is 4. The van der Waals surface area contributed by atoms with Gasteiger partial charge in [0.25, 0.3) is 0 Å². The summed E-state index contributed by atoms with van der Waals surface area (Å²) >= 11 is 2.21. The number of sulfonamides is 1. The van der Waals surface area contributed by atoms with Gasteiger partial charge in [0.1, 0.15) is 12.0 Å². The van der Waals surface area contributed by atoms with E-state index in [1.807, 2.05) is 12.1 Å². The summed E-state index contributed by atoms with van der Waals surface area (Å²) in [4.78, 5) is 11.9. The first-order valence-electron chi connectivity index (χ1n) is 10.3. The number of hydrogen-bond donors (Lipinski definition) is 2. The lowest BCUT2D eigenvalue weighted by atomic mass is 10.0. The van der Waals surface area contributed by atoms with E-state index < -0.39 is 22.3 Å². The SMILES string of the molecule is Nc1nc(F)nc2c1nc(Cc1cc3c(cc1I)CCC3F)n2CCS(=O)(=O)NC1CC1. The Hall–Kier alpha value is -1.93. The van der Waals surface area contributed by atoms with Crippen LogP contribution in [0.1, 0.15) is 47.9 Å². The summed E-state index contributed by atoms with van der Waals surface area (Å²) in [5.41, 5.74) is 8.77. The zero-order valence-electron chi connectivity index (χ0n) is 17.0. The van der Waals surface area contributed by atoms with Gasteiger partial charge in [0, 0.05) is 22.6 Å². The van der Waals surface area contributed by atoms with Gasteiger partial charge in [-0.15, -0.1) is 0 Å². The van der Waals surface area contributed by atoms with Crippen LogP contribution in [0.4, 0.5) is 14.6 Å². The van der Waals surface area contributed by atoms with Crippen molar-refractivity contribution in [3.8, 4) is 0 Å². The molecule has 0 saturated heterocycles. The van der Waals surface area contributed by atoms with Gasteiger partial charge in [0.2, 0.25) is 10.0 Å². The van der Waals surface area contributed by atoms with Crippen molar-refractivity contribution in [2.45, 2.75) is 50.9 Å². The number of rotatable bonds is 7. The Balaban J connectivity index is 1.53. The Kier molecular flexibility index (Phi) is 5.56. The fourth-order valence-electron chi connectivity index (χ4n) is 4.06. The lowest BCUT2D eigenvalue weighted by molar-refractivity contribution is 0.343. The number of anilines is 1. The van der Waals surface area contributed by atoms with Crippen molar-refractivity contribution in [3.63, 3.8) is 0 Å². The van der Waals surface area contributed by atoms with Gasteiger partial charge in [0.15, 0.2) is 17.0 Å². The van der Waals surface area contributed by atoms with Crippen LogP contribution in [-0.4, -0.2) is 39.7 Å². The largest absolute Gasteiger partial charge is 0.382 e. The highest BCUT2D eigenvalue weighted by Gasteiger charge is 2.28. The van der Waals surface area contributed by atoms with Gasteiger partial charge in [-0.25, -0.2) is 22.5 Å². The second-order valence-corrected chi connectivity index (χ2v) is 11.3. The van der Waals surface area contributed by atoms with E-state index in [0.29, 0.717) is 30.7 Å². The number of aromatic nitrogens is 4. The second kappa shape index (κ2) is 8.13. The van der Waals surface area contributed by atoms with Crippen LogP contribution in [0.2, 0.25) is 0 Å². The molecule has 1 atom stereocenters. The number of hydrogen-bond acceptors (Lipinski definition) is 6. The molecule has 1 saturated carbocycles. The molecular formula is C20H21F2IN6O2S. The molecule has 0 spiro atoms. The average Bonchev–Trinajstić information content (AvgIpc) is 3.35. The molecule has 0 aliphatic heterocycles. The fourth-order valence-corrected chi connectivity index (χ4v) is 6.07. The molecule has 2 heterocycles. The van der Waals surface area contributed by atoms with Gasteiger partial charge < -0.3 is 10.3 Å². The number of fused-ring (bicyclic) bond motifs is 2. The molecule has 2 aliphatic rings. The van der Waals surface area contributed by atoms with Gasteiger partial charge >= 0.3 is 6.08 Å². The summed E-state index contributed by atoms with van der Waals surface area (Å²) in [6.45, 7) is 0.0248. The highest BCUT2D eigenvalue weighted by atomic mass is 127. The van der Waals surface area contributed by atoms with Crippen molar-refractivity contribution in [1.82, 2.24) is 24.2 Å². The van der Waals surface area contributed by atoms with Crippen LogP contribution in [0.3, 0.4) is 0 Å². The number of nitrogen functional groups attached to an aromatic ring is 1. The molecule has 1 unspecified atom stereocenters. The van der Waals surface area contributed by atoms with Crippen molar-refractivity contribution < 1.29 is 17.2 Å². The summed E-state index contributed by atoms with van der Waals surface area (Å²) in [5, 5.41) is 0. The molecule has 3 N–H and O–H groups in total. The van der Waals surface area contributed by atoms with Crippen molar-refractivity contribution in [1.29, 1.82) is 0 Å². The van der Waals surface area contributed by atoms with E-state index in [1.54, 1.807) is 4.57 Å². The molecule has 12 heteroatoms. The van der Waals surface area contributed by atoms with Gasteiger partial charge in [-0.2, -0.15) is 14.4 Å². The predicted octanol–water partition coefficient (Wildman–Crippen LogP) is 2.78. The predicted molar refractivity (Wildman–Crippen MR) is 124 cm³/mol. The molecule has 170 valence electrons. The second-order valence-electron chi connectivity index (χ2n) is 8.27. The van der Waals surface area contributed by atoms with Crippen LogP contribution >= 0.6 is 22.6 Å². The van der Waals surface area contributed by atoms with E-state index in [2.05, 4.69) is 42.3 Å². The molecule has 2 aliphatic carbocycles. The molecule has 2 aromatic heterocycles. The van der Waals surface area contributed by atoms with Gasteiger partial charge in [0.05, 0.1) is 5.75 Å². The van der Waals surface area contributed by atoms with Crippen LogP contribution < -0.4 is 10.5 Å². The monoisotopic (exact) mass is 574 g/mol. The average molecular weight is 574 g/mol. The Morgan fingerprint density at radius 1 is 1.22 bits per heavy atom. The molecule has 0 radical (unpaired) electrons. The van der Waals surface area contributed by atoms with Crippen LogP contribution in [0.15, 0.2) is 12.1 Å². The minimum Gasteiger partial charge on any atom is -0.382 e. The molecule has 8 nitrogen and oxygen atoms in total. The Morgan fingerprint density at radius 3 is 2.75 bits per heavy atom. The minimum absolute atomic E-state index is 0.00365. The molecule has 5 rings (SSSR count). The number of alkyl halides is 1. The Morgan fingerprint density at radius 2 is 2.00 bits per heavy atom. The lowest BCUT2D eigenvalue weighted by Gasteiger charge is -2.12. The number of benzene rings is 1. The molecule has 1 fully saturated rings. The first-order chi connectivity index (χ1) is 15.2. The first kappa shape index (κ1) is 21.9. The number of imidazole rings is 1. The van der Waals surface area contributed by atoms with Crippen LogP contribution in [0, 0.1) is 9.65 Å². The third kappa shape index (κ3) is 4.31. The molecule has 32 heavy (non-hydrogen) atoms. The van der Waals surface area contributed by atoms with Gasteiger partial charge in [-0.05, 0) is 71.0 Å². The first-order valence-corrected chi connectivity index (χ1v) is 13.1. The molecule has 0 amide bonds. The maximum Gasteiger partial charge on any atom is 0.312 e. The van der Waals surface area contributed by atoms with E-state index in [1.165, 1.54) is 0 Å². The van der Waals surface area contributed by atoms with Crippen molar-refractivity contribution in [2.75, 3.05) is 11.5 Å². The van der Waals surface area contributed by atoms with E-state index in [-0.39, 0.29) is 35.3 Å². The normalized spacial score (nSPS) is 18.4. The fraction of sp³-hybridized carbons (Fsp3) is 0.450. The van der Waals surface area contributed by atoms with Crippen molar-refractivity contribution in [2.24, 2.45) is 0 Å². The van der Waals surface area contributed by atoms with Crippen molar-refractivity contribution >= 4 is 49.6 Å². The number of halogens is 3. The Bertz CT molecular complexity index is 1330. The molecular weight excluding hydrogens is 553 g/mol. The molecule has 0 bridgehead atoms. The van der Waals surface area contributed by atoms with Crippen molar-refractivity contribution in [3.05, 3.63) is 44.3 Å². The highest BCUT2D eigenvalue weighted by Crippen LogP contribution is 2.37. The van der Waals surface area contributed by atoms with E-state index in [0.717, 1.165) is 27.5 Å². The topological polar surface area (TPSA) is 116 Å². The van der Waals surface area contributed by atoms with Gasteiger partial charge in [-0.1, -0.05) is 6.07 Å². The number of nitrogens with one attached hydrogen (secondary N) is 1. The van der Waals surface area contributed by atoms with E-state index in [4.69, 9.17) is 5.73 Å². The molecule has 3 aromatic rings. The summed E-state index contributed by atoms with van der Waals surface area (Å²) in [7, 11) is -3.51. The number of aryl methyl sites for hydroxylation is 2. The van der Waals surface area contributed by atoms with Crippen LogP contribution in [0.5, 0.6) is 0 Å². The summed E-state index contributed by atoms with van der Waals surface area (Å²) in [6, 6.07) is 3.82. The van der Waals surface area contributed by atoms with Crippen LogP contribution in [-0.2, 0) is 29.4 Å². The zero-order chi connectivity index (χ0) is 22.6. The number of nitrogens with two attached hydrogens (primary N) is 1. The van der Waals surface area contributed by atoms with Crippen LogP contribution in [0.25, 0.3) is 11.2 Å². The quantitative estimate of drug-likeness (QED) is 0.332. The third-order valence-electron chi connectivity index (χ3n) is 5.84. The van der Waals surface area contributed by atoms with E-state index >= 15 is 0 Å². The summed E-state index contributed by atoms with van der Waals surface area (Å²) in [6.07, 6.45) is 1.15. The standard InChI is InChI=1S/C20H21F2IN6O2S/c21-14-4-1-10-8-15(23)11(7-13(10)14)9-16-25-17-18(24)26-20(22)27-19(17)29(16)5-6-32(30,31)28-12-2-3-12/h7-8,12,14,28H,1-6,9H2,(H2,24,26,27). The minimum atomic E-state index is -3.51. The van der Waals surface area contributed by atoms with Gasteiger partial charge in [-0.3, -0.25) is 0 Å². The summed E-state index contributed by atoms with van der Waals surface area (Å²) in [5.74, 6) is 0.153. The lowest BCUT2D eigenvalue weighted by Crippen LogP contribution is -2.30. The third-order valence-corrected chi connectivity index (χ3v) is 8.26. The Labute approximate surface area is 197 Å². The summed E-state index contributed by atoms with van der Waals surface area (Å²) < 4.78 is 58.2. The zero-order valence-corrected chi connectivity index (χ0v) is 20.0. The maximum atomic E-state index is 14.3. The smallest absolute Gasteiger partial charge is 0.312 e. The maximum absolute atomic E-state index is 14.3. The molecule has 1 aromatic carbocycles. The van der Waals surface area contributed by atoms with E-state index in [9.17, 15) is 17.2 Å². The highest BCUT2D eigenvalue weighted by molar-refractivity contribution is 14.1.